The fraction of sp³-hybridized carbons (Fsp3) is 0.794. The smallest absolute Gasteiger partial charge is 0.310 e. The minimum atomic E-state index is -0.638. The van der Waals surface area contributed by atoms with E-state index in [-0.39, 0.29) is 38.6 Å². The van der Waals surface area contributed by atoms with Crippen LogP contribution < -0.4 is 5.56 Å². The van der Waals surface area contributed by atoms with Crippen LogP contribution in [0.1, 0.15) is 118 Å². The Kier molecular flexibility index (Phi) is 6.00. The van der Waals surface area contributed by atoms with Gasteiger partial charge in [-0.1, -0.05) is 73.5 Å². The molecule has 3 fully saturated rings. The van der Waals surface area contributed by atoms with E-state index in [2.05, 4.69) is 71.4 Å². The van der Waals surface area contributed by atoms with E-state index in [1.54, 1.807) is 0 Å². The predicted octanol–water partition coefficient (Wildman–Crippen LogP) is 7.97. The fourth-order valence-electron chi connectivity index (χ4n) is 12.0. The van der Waals surface area contributed by atoms with Gasteiger partial charge in [-0.3, -0.25) is 14.6 Å². The highest BCUT2D eigenvalue weighted by Gasteiger charge is 2.70. The minimum absolute atomic E-state index is 0.0316. The largest absolute Gasteiger partial charge is 0.481 e. The first-order chi connectivity index (χ1) is 18.5. The van der Waals surface area contributed by atoms with Gasteiger partial charge in [-0.25, -0.2) is 0 Å². The third-order valence-electron chi connectivity index (χ3n) is 14.9. The van der Waals surface area contributed by atoms with Crippen molar-refractivity contribution in [2.75, 3.05) is 0 Å². The van der Waals surface area contributed by atoms with Crippen LogP contribution in [0, 0.1) is 55.5 Å². The topological polar surface area (TPSA) is 85.9 Å². The Morgan fingerprint density at radius 3 is 2.35 bits per heavy atom. The van der Waals surface area contributed by atoms with E-state index in [4.69, 9.17) is 12.2 Å². The van der Waals surface area contributed by atoms with Crippen molar-refractivity contribution >= 4 is 18.2 Å². The number of rotatable bonds is 2. The molecule has 0 aliphatic heterocycles. The quantitative estimate of drug-likeness (QED) is 0.250. The van der Waals surface area contributed by atoms with Crippen LogP contribution in [-0.4, -0.2) is 21.0 Å². The molecule has 0 saturated heterocycles. The highest BCUT2D eigenvalue weighted by molar-refractivity contribution is 7.71. The van der Waals surface area contributed by atoms with E-state index in [0.29, 0.717) is 22.5 Å². The molecular formula is C34H50N2O3S. The van der Waals surface area contributed by atoms with Crippen molar-refractivity contribution in [3.8, 4) is 0 Å². The van der Waals surface area contributed by atoms with Crippen LogP contribution in [0.3, 0.4) is 0 Å². The summed E-state index contributed by atoms with van der Waals surface area (Å²) in [6.07, 6.45) is 11.1. The Bertz CT molecular complexity index is 1420. The van der Waals surface area contributed by atoms with Gasteiger partial charge < -0.3 is 10.1 Å². The lowest BCUT2D eigenvalue weighted by Gasteiger charge is -2.71. The summed E-state index contributed by atoms with van der Waals surface area (Å²) in [6, 6.07) is 0. The van der Waals surface area contributed by atoms with E-state index in [0.717, 1.165) is 69.0 Å². The fourth-order valence-corrected chi connectivity index (χ4v) is 12.2. The second-order valence-corrected chi connectivity index (χ2v) is 16.6. The molecule has 0 aromatic carbocycles. The van der Waals surface area contributed by atoms with E-state index < -0.39 is 11.4 Å². The molecule has 5 aliphatic carbocycles. The molecule has 1 aromatic heterocycles. The standard InChI is InChI=1S/C34H50N2O3S/c1-9-30(5)14-16-34(27(38)39)17-15-32(7)21(24(34)19(30)2)10-11-23-31(6)18-20-25(35-28(40)36-26(20)37)29(3,4)22(31)12-13-33(23,32)8/h10,19,22-24H,9,11-18H2,1-8H3,(H,38,39)(H2,35,36,37,40). The number of H-pyrrole nitrogens is 2. The average molecular weight is 567 g/mol. The Hall–Kier alpha value is -1.69. The van der Waals surface area contributed by atoms with Crippen molar-refractivity contribution < 1.29 is 9.90 Å². The first-order valence-electron chi connectivity index (χ1n) is 15.8. The van der Waals surface area contributed by atoms with Crippen LogP contribution in [0.25, 0.3) is 0 Å². The second kappa shape index (κ2) is 8.45. The van der Waals surface area contributed by atoms with Crippen LogP contribution in [-0.2, 0) is 16.6 Å². The average Bonchev–Trinajstić information content (AvgIpc) is 2.87. The number of aromatic amines is 2. The van der Waals surface area contributed by atoms with E-state index in [9.17, 15) is 14.7 Å². The van der Waals surface area contributed by atoms with Crippen LogP contribution in [0.4, 0.5) is 0 Å². The van der Waals surface area contributed by atoms with Gasteiger partial charge in [0, 0.05) is 16.7 Å². The summed E-state index contributed by atoms with van der Waals surface area (Å²) in [5.41, 5.74) is 2.68. The molecule has 0 bridgehead atoms. The van der Waals surface area contributed by atoms with Crippen molar-refractivity contribution in [2.45, 2.75) is 119 Å². The number of hydrogen-bond acceptors (Lipinski definition) is 3. The van der Waals surface area contributed by atoms with Crippen molar-refractivity contribution in [3.05, 3.63) is 38.0 Å². The maximum Gasteiger partial charge on any atom is 0.310 e. The van der Waals surface area contributed by atoms with Gasteiger partial charge in [0.15, 0.2) is 4.77 Å². The Balaban J connectivity index is 1.50. The normalized spacial score (nSPS) is 47.0. The molecule has 9 atom stereocenters. The van der Waals surface area contributed by atoms with E-state index in [1.165, 1.54) is 5.57 Å². The Morgan fingerprint density at radius 2 is 1.70 bits per heavy atom. The zero-order chi connectivity index (χ0) is 29.3. The number of aliphatic carboxylic acids is 1. The molecular weight excluding hydrogens is 516 g/mol. The number of allylic oxidation sites excluding steroid dienone is 2. The Morgan fingerprint density at radius 1 is 1.02 bits per heavy atom. The van der Waals surface area contributed by atoms with Crippen molar-refractivity contribution in [2.24, 2.45) is 50.7 Å². The van der Waals surface area contributed by atoms with Gasteiger partial charge in [-0.05, 0) is 109 Å². The summed E-state index contributed by atoms with van der Waals surface area (Å²) < 4.78 is 0.420. The molecule has 6 heteroatoms. The molecule has 5 nitrogen and oxygen atoms in total. The third kappa shape index (κ3) is 3.23. The molecule has 5 aliphatic rings. The third-order valence-corrected chi connectivity index (χ3v) is 15.1. The van der Waals surface area contributed by atoms with Crippen LogP contribution in [0.2, 0.25) is 0 Å². The molecule has 6 rings (SSSR count). The van der Waals surface area contributed by atoms with Crippen LogP contribution >= 0.6 is 12.2 Å². The predicted molar refractivity (Wildman–Crippen MR) is 162 cm³/mol. The molecule has 9 unspecified atom stereocenters. The molecule has 0 amide bonds. The van der Waals surface area contributed by atoms with Gasteiger partial charge >= 0.3 is 5.97 Å². The van der Waals surface area contributed by atoms with Gasteiger partial charge in [0.2, 0.25) is 0 Å². The first-order valence-corrected chi connectivity index (χ1v) is 16.2. The summed E-state index contributed by atoms with van der Waals surface area (Å²) in [6.45, 7) is 19.2. The second-order valence-electron chi connectivity index (χ2n) is 16.2. The number of hydrogen-bond donors (Lipinski definition) is 3. The summed E-state index contributed by atoms with van der Waals surface area (Å²) >= 11 is 5.40. The summed E-state index contributed by atoms with van der Waals surface area (Å²) in [4.78, 5) is 32.7. The number of fused-ring (bicyclic) bond motifs is 8. The zero-order valence-corrected chi connectivity index (χ0v) is 26.7. The zero-order valence-electron chi connectivity index (χ0n) is 25.9. The lowest BCUT2D eigenvalue weighted by atomic mass is 9.33. The molecule has 3 N–H and O–H groups in total. The van der Waals surface area contributed by atoms with Crippen molar-refractivity contribution in [3.63, 3.8) is 0 Å². The minimum Gasteiger partial charge on any atom is -0.481 e. The number of carboxylic acid groups (broad SMARTS) is 1. The molecule has 40 heavy (non-hydrogen) atoms. The lowest BCUT2D eigenvalue weighted by molar-refractivity contribution is -0.184. The Labute approximate surface area is 245 Å². The number of aromatic nitrogens is 2. The van der Waals surface area contributed by atoms with E-state index >= 15 is 0 Å². The maximum atomic E-state index is 13.3. The molecule has 3 saturated carbocycles. The van der Waals surface area contributed by atoms with Crippen LogP contribution in [0.5, 0.6) is 0 Å². The number of carboxylic acids is 1. The van der Waals surface area contributed by atoms with Gasteiger partial charge in [-0.2, -0.15) is 0 Å². The summed E-state index contributed by atoms with van der Waals surface area (Å²) in [5.74, 6) is 0.724. The molecule has 1 heterocycles. The first kappa shape index (κ1) is 28.4. The molecule has 0 radical (unpaired) electrons. The number of nitrogens with one attached hydrogen (secondary N) is 2. The van der Waals surface area contributed by atoms with Gasteiger partial charge in [0.1, 0.15) is 0 Å². The highest BCUT2D eigenvalue weighted by atomic mass is 32.1. The van der Waals surface area contributed by atoms with Crippen LogP contribution in [0.15, 0.2) is 16.4 Å². The van der Waals surface area contributed by atoms with E-state index in [1.807, 2.05) is 0 Å². The molecule has 0 spiro atoms. The maximum absolute atomic E-state index is 13.3. The lowest BCUT2D eigenvalue weighted by Crippen LogP contribution is -2.66. The highest BCUT2D eigenvalue weighted by Crippen LogP contribution is 2.76. The van der Waals surface area contributed by atoms with Crippen molar-refractivity contribution in [1.82, 2.24) is 9.97 Å². The molecule has 220 valence electrons. The molecule has 1 aromatic rings. The summed E-state index contributed by atoms with van der Waals surface area (Å²) in [5, 5.41) is 10.8. The number of carbonyl (C=O) groups is 1. The monoisotopic (exact) mass is 566 g/mol. The van der Waals surface area contributed by atoms with Gasteiger partial charge in [-0.15, -0.1) is 0 Å². The van der Waals surface area contributed by atoms with Gasteiger partial charge in [0.05, 0.1) is 5.41 Å². The SMILES string of the molecule is CCC1(C)CCC2(C(=O)O)CCC3(C)C(=CCC4C5(C)Cc6c([nH]c(=S)[nH]c6=O)C(C)(C)C5CCC43C)C2C1C. The van der Waals surface area contributed by atoms with Gasteiger partial charge in [0.25, 0.3) is 5.56 Å². The van der Waals surface area contributed by atoms with Crippen molar-refractivity contribution in [1.29, 1.82) is 0 Å². The summed E-state index contributed by atoms with van der Waals surface area (Å²) in [7, 11) is 0.